The SMILES string of the molecule is CC(C)c1n[nH]nc1C(=O)N1CCNCC1. The van der Waals surface area contributed by atoms with E-state index in [9.17, 15) is 4.79 Å². The predicted molar refractivity (Wildman–Crippen MR) is 59.2 cm³/mol. The number of nitrogens with zero attached hydrogens (tertiary/aromatic N) is 3. The molecular weight excluding hydrogens is 206 g/mol. The molecule has 1 aromatic heterocycles. The van der Waals surface area contributed by atoms with Crippen LogP contribution in [0.2, 0.25) is 0 Å². The molecular formula is C10H17N5O. The molecule has 0 saturated carbocycles. The molecule has 0 radical (unpaired) electrons. The van der Waals surface area contributed by atoms with E-state index in [1.54, 1.807) is 0 Å². The van der Waals surface area contributed by atoms with Gasteiger partial charge in [-0.1, -0.05) is 13.8 Å². The largest absolute Gasteiger partial charge is 0.335 e. The minimum absolute atomic E-state index is 0.0149. The molecule has 0 unspecified atom stereocenters. The Balaban J connectivity index is 2.16. The third-order valence-corrected chi connectivity index (χ3v) is 2.73. The predicted octanol–water partition coefficient (Wildman–Crippen LogP) is -0.0265. The number of H-pyrrole nitrogens is 1. The van der Waals surface area contributed by atoms with Crippen LogP contribution in [0, 0.1) is 0 Å². The Labute approximate surface area is 94.4 Å². The summed E-state index contributed by atoms with van der Waals surface area (Å²) in [6.45, 7) is 7.19. The minimum Gasteiger partial charge on any atom is -0.335 e. The van der Waals surface area contributed by atoms with E-state index in [1.807, 2.05) is 18.7 Å². The Kier molecular flexibility index (Phi) is 3.19. The number of rotatable bonds is 2. The van der Waals surface area contributed by atoms with E-state index in [4.69, 9.17) is 0 Å². The number of piperazine rings is 1. The van der Waals surface area contributed by atoms with Gasteiger partial charge in [-0.25, -0.2) is 0 Å². The van der Waals surface area contributed by atoms with Crippen LogP contribution >= 0.6 is 0 Å². The van der Waals surface area contributed by atoms with E-state index in [-0.39, 0.29) is 11.8 Å². The summed E-state index contributed by atoms with van der Waals surface area (Å²) in [5.41, 5.74) is 1.22. The lowest BCUT2D eigenvalue weighted by molar-refractivity contribution is 0.0728. The molecule has 0 aromatic carbocycles. The Morgan fingerprint density at radius 1 is 1.31 bits per heavy atom. The highest BCUT2D eigenvalue weighted by Gasteiger charge is 2.24. The number of aromatic amines is 1. The maximum atomic E-state index is 12.2. The smallest absolute Gasteiger partial charge is 0.276 e. The molecule has 0 bridgehead atoms. The summed E-state index contributed by atoms with van der Waals surface area (Å²) < 4.78 is 0. The average Bonchev–Trinajstić information content (AvgIpc) is 2.78. The third-order valence-electron chi connectivity index (χ3n) is 2.73. The van der Waals surface area contributed by atoms with Crippen LogP contribution in [0.4, 0.5) is 0 Å². The Hall–Kier alpha value is -1.43. The number of amides is 1. The average molecular weight is 223 g/mol. The number of aromatic nitrogens is 3. The van der Waals surface area contributed by atoms with E-state index < -0.39 is 0 Å². The topological polar surface area (TPSA) is 73.9 Å². The molecule has 1 aliphatic rings. The fraction of sp³-hybridized carbons (Fsp3) is 0.700. The van der Waals surface area contributed by atoms with Crippen LogP contribution in [0.5, 0.6) is 0 Å². The molecule has 1 amide bonds. The third kappa shape index (κ3) is 2.06. The molecule has 6 heteroatoms. The summed E-state index contributed by atoms with van der Waals surface area (Å²) in [4.78, 5) is 14.0. The van der Waals surface area contributed by atoms with E-state index >= 15 is 0 Å². The van der Waals surface area contributed by atoms with Crippen LogP contribution in [-0.2, 0) is 0 Å². The molecule has 1 aliphatic heterocycles. The molecule has 1 saturated heterocycles. The van der Waals surface area contributed by atoms with Gasteiger partial charge in [-0.15, -0.1) is 0 Å². The van der Waals surface area contributed by atoms with Crippen LogP contribution in [0.25, 0.3) is 0 Å². The van der Waals surface area contributed by atoms with Crippen molar-refractivity contribution in [1.82, 2.24) is 25.6 Å². The van der Waals surface area contributed by atoms with Crippen molar-refractivity contribution in [3.63, 3.8) is 0 Å². The maximum Gasteiger partial charge on any atom is 0.276 e. The van der Waals surface area contributed by atoms with Gasteiger partial charge in [0.1, 0.15) is 0 Å². The van der Waals surface area contributed by atoms with Gasteiger partial charge in [0.05, 0.1) is 5.69 Å². The van der Waals surface area contributed by atoms with Gasteiger partial charge >= 0.3 is 0 Å². The summed E-state index contributed by atoms with van der Waals surface area (Å²) in [6, 6.07) is 0. The highest BCUT2D eigenvalue weighted by molar-refractivity contribution is 5.93. The van der Waals surface area contributed by atoms with Crippen molar-refractivity contribution in [3.8, 4) is 0 Å². The Bertz CT molecular complexity index is 367. The van der Waals surface area contributed by atoms with E-state index in [0.29, 0.717) is 5.69 Å². The van der Waals surface area contributed by atoms with Gasteiger partial charge in [0, 0.05) is 26.2 Å². The summed E-state index contributed by atoms with van der Waals surface area (Å²) in [7, 11) is 0. The lowest BCUT2D eigenvalue weighted by atomic mass is 10.1. The first-order valence-corrected chi connectivity index (χ1v) is 5.61. The number of hydrogen-bond donors (Lipinski definition) is 2. The first-order chi connectivity index (χ1) is 7.70. The summed E-state index contributed by atoms with van der Waals surface area (Å²) in [5, 5.41) is 13.7. The van der Waals surface area contributed by atoms with E-state index in [0.717, 1.165) is 31.9 Å². The molecule has 1 fully saturated rings. The lowest BCUT2D eigenvalue weighted by Gasteiger charge is -2.26. The number of nitrogens with one attached hydrogen (secondary N) is 2. The molecule has 16 heavy (non-hydrogen) atoms. The van der Waals surface area contributed by atoms with Crippen LogP contribution in [0.3, 0.4) is 0 Å². The quantitative estimate of drug-likeness (QED) is 0.738. The van der Waals surface area contributed by atoms with Crippen LogP contribution in [0.1, 0.15) is 35.9 Å². The zero-order chi connectivity index (χ0) is 11.5. The molecule has 0 atom stereocenters. The zero-order valence-corrected chi connectivity index (χ0v) is 9.66. The van der Waals surface area contributed by atoms with Gasteiger partial charge in [-0.3, -0.25) is 4.79 Å². The zero-order valence-electron chi connectivity index (χ0n) is 9.66. The second kappa shape index (κ2) is 4.61. The maximum absolute atomic E-state index is 12.2. The van der Waals surface area contributed by atoms with Crippen molar-refractivity contribution in [2.24, 2.45) is 0 Å². The summed E-state index contributed by atoms with van der Waals surface area (Å²) >= 11 is 0. The van der Waals surface area contributed by atoms with Gasteiger partial charge in [0.25, 0.3) is 5.91 Å². The van der Waals surface area contributed by atoms with Gasteiger partial charge in [-0.05, 0) is 5.92 Å². The molecule has 88 valence electrons. The molecule has 2 rings (SSSR count). The van der Waals surface area contributed by atoms with Crippen molar-refractivity contribution in [2.75, 3.05) is 26.2 Å². The number of hydrogen-bond acceptors (Lipinski definition) is 4. The number of carbonyl (C=O) groups excluding carboxylic acids is 1. The molecule has 0 aliphatic carbocycles. The van der Waals surface area contributed by atoms with Crippen LogP contribution in [0.15, 0.2) is 0 Å². The van der Waals surface area contributed by atoms with Crippen molar-refractivity contribution in [2.45, 2.75) is 19.8 Å². The van der Waals surface area contributed by atoms with E-state index in [1.165, 1.54) is 0 Å². The van der Waals surface area contributed by atoms with Crippen molar-refractivity contribution < 1.29 is 4.79 Å². The van der Waals surface area contributed by atoms with E-state index in [2.05, 4.69) is 20.7 Å². The first kappa shape index (κ1) is 11.1. The van der Waals surface area contributed by atoms with Crippen molar-refractivity contribution in [1.29, 1.82) is 0 Å². The lowest BCUT2D eigenvalue weighted by Crippen LogP contribution is -2.46. The van der Waals surface area contributed by atoms with Gasteiger partial charge in [-0.2, -0.15) is 15.4 Å². The second-order valence-electron chi connectivity index (χ2n) is 4.25. The van der Waals surface area contributed by atoms with Gasteiger partial charge < -0.3 is 10.2 Å². The molecule has 2 N–H and O–H groups in total. The molecule has 0 spiro atoms. The normalized spacial score (nSPS) is 16.8. The molecule has 1 aromatic rings. The fourth-order valence-electron chi connectivity index (χ4n) is 1.82. The van der Waals surface area contributed by atoms with Crippen LogP contribution in [-0.4, -0.2) is 52.4 Å². The second-order valence-corrected chi connectivity index (χ2v) is 4.25. The van der Waals surface area contributed by atoms with Crippen molar-refractivity contribution >= 4 is 5.91 Å². The summed E-state index contributed by atoms with van der Waals surface area (Å²) in [6.07, 6.45) is 0. The standard InChI is InChI=1S/C10H17N5O/c1-7(2)8-9(13-14-12-8)10(16)15-5-3-11-4-6-15/h7,11H,3-6H2,1-2H3,(H,12,13,14). The van der Waals surface area contributed by atoms with Crippen molar-refractivity contribution in [3.05, 3.63) is 11.4 Å². The molecule has 6 nitrogen and oxygen atoms in total. The van der Waals surface area contributed by atoms with Gasteiger partial charge in [0.15, 0.2) is 5.69 Å². The molecule has 2 heterocycles. The summed E-state index contributed by atoms with van der Waals surface area (Å²) in [5.74, 6) is 0.194. The minimum atomic E-state index is -0.0149. The highest BCUT2D eigenvalue weighted by atomic mass is 16.2. The van der Waals surface area contributed by atoms with Gasteiger partial charge in [0.2, 0.25) is 0 Å². The Morgan fingerprint density at radius 2 is 2.00 bits per heavy atom. The Morgan fingerprint density at radius 3 is 2.62 bits per heavy atom. The monoisotopic (exact) mass is 223 g/mol. The van der Waals surface area contributed by atoms with Crippen LogP contribution < -0.4 is 5.32 Å². The highest BCUT2D eigenvalue weighted by Crippen LogP contribution is 2.15. The number of carbonyl (C=O) groups is 1. The fourth-order valence-corrected chi connectivity index (χ4v) is 1.82. The first-order valence-electron chi connectivity index (χ1n) is 5.61.